The first-order valence-electron chi connectivity index (χ1n) is 4.62. The van der Waals surface area contributed by atoms with Crippen molar-refractivity contribution < 1.29 is 9.84 Å². The molecule has 2 nitrogen and oxygen atoms in total. The molecule has 1 aliphatic rings. The minimum absolute atomic E-state index is 0.0325. The second-order valence-electron chi connectivity index (χ2n) is 3.82. The van der Waals surface area contributed by atoms with E-state index >= 15 is 0 Å². The van der Waals surface area contributed by atoms with Crippen LogP contribution in [0.15, 0.2) is 30.3 Å². The summed E-state index contributed by atoms with van der Waals surface area (Å²) < 4.78 is 5.62. The number of hydrogen-bond acceptors (Lipinski definition) is 2. The van der Waals surface area contributed by atoms with Crippen LogP contribution in [0.3, 0.4) is 0 Å². The molecule has 70 valence electrons. The predicted molar refractivity (Wildman–Crippen MR) is 50.7 cm³/mol. The first-order chi connectivity index (χ1) is 6.18. The molecule has 0 unspecified atom stereocenters. The van der Waals surface area contributed by atoms with Gasteiger partial charge in [0.05, 0.1) is 5.60 Å². The molecule has 1 aromatic rings. The van der Waals surface area contributed by atoms with Crippen LogP contribution in [-0.4, -0.2) is 16.8 Å². The maximum atomic E-state index is 9.71. The molecule has 1 saturated carbocycles. The lowest BCUT2D eigenvalue weighted by Gasteiger charge is -2.42. The quantitative estimate of drug-likeness (QED) is 0.750. The Hall–Kier alpha value is -1.02. The number of benzene rings is 1. The minimum atomic E-state index is -0.629. The van der Waals surface area contributed by atoms with E-state index in [1.54, 1.807) is 0 Å². The normalized spacial score (nSPS) is 32.3. The molecule has 0 radical (unpaired) electrons. The van der Waals surface area contributed by atoms with Crippen LogP contribution in [0.2, 0.25) is 0 Å². The third kappa shape index (κ3) is 1.68. The Bertz CT molecular complexity index is 279. The Morgan fingerprint density at radius 3 is 2.54 bits per heavy atom. The molecule has 13 heavy (non-hydrogen) atoms. The third-order valence-corrected chi connectivity index (χ3v) is 2.63. The molecule has 0 amide bonds. The molecule has 0 spiro atoms. The predicted octanol–water partition coefficient (Wildman–Crippen LogP) is 1.98. The Morgan fingerprint density at radius 2 is 2.08 bits per heavy atom. The van der Waals surface area contributed by atoms with Crippen molar-refractivity contribution in [3.05, 3.63) is 30.3 Å². The second-order valence-corrected chi connectivity index (χ2v) is 3.82. The van der Waals surface area contributed by atoms with Gasteiger partial charge in [-0.3, -0.25) is 0 Å². The van der Waals surface area contributed by atoms with Gasteiger partial charge in [-0.15, -0.1) is 0 Å². The molecular formula is C11H14O2. The summed E-state index contributed by atoms with van der Waals surface area (Å²) in [4.78, 5) is 0. The van der Waals surface area contributed by atoms with E-state index in [2.05, 4.69) is 0 Å². The Kier molecular flexibility index (Phi) is 2.00. The van der Waals surface area contributed by atoms with Crippen molar-refractivity contribution in [2.45, 2.75) is 31.5 Å². The van der Waals surface area contributed by atoms with Gasteiger partial charge in [-0.05, 0) is 31.9 Å². The summed E-state index contributed by atoms with van der Waals surface area (Å²) in [5.74, 6) is 0.840. The van der Waals surface area contributed by atoms with Gasteiger partial charge in [-0.25, -0.2) is 0 Å². The van der Waals surface area contributed by atoms with Gasteiger partial charge in [-0.2, -0.15) is 0 Å². The average Bonchev–Trinajstić information content (AvgIpc) is 2.15. The Labute approximate surface area is 78.2 Å². The smallest absolute Gasteiger partial charge is 0.127 e. The van der Waals surface area contributed by atoms with E-state index < -0.39 is 5.60 Å². The molecule has 1 N–H and O–H groups in total. The van der Waals surface area contributed by atoms with E-state index in [4.69, 9.17) is 4.74 Å². The molecule has 0 bridgehead atoms. The van der Waals surface area contributed by atoms with E-state index in [-0.39, 0.29) is 6.10 Å². The minimum Gasteiger partial charge on any atom is -0.487 e. The van der Waals surface area contributed by atoms with Crippen molar-refractivity contribution in [2.24, 2.45) is 0 Å². The fraction of sp³-hybridized carbons (Fsp3) is 0.455. The van der Waals surface area contributed by atoms with Gasteiger partial charge < -0.3 is 9.84 Å². The first kappa shape index (κ1) is 8.57. The number of aliphatic hydroxyl groups is 1. The third-order valence-electron chi connectivity index (χ3n) is 2.63. The van der Waals surface area contributed by atoms with Crippen LogP contribution >= 0.6 is 0 Å². The molecule has 2 atom stereocenters. The van der Waals surface area contributed by atoms with Crippen LogP contribution in [0.1, 0.15) is 19.8 Å². The molecule has 0 aromatic heterocycles. The summed E-state index contributed by atoms with van der Waals surface area (Å²) in [6, 6.07) is 9.64. The van der Waals surface area contributed by atoms with Gasteiger partial charge in [0.2, 0.25) is 0 Å². The molecule has 0 aliphatic heterocycles. The number of rotatable bonds is 2. The Balaban J connectivity index is 2.00. The number of para-hydroxylation sites is 1. The fourth-order valence-corrected chi connectivity index (χ4v) is 1.53. The van der Waals surface area contributed by atoms with Gasteiger partial charge >= 0.3 is 0 Å². The van der Waals surface area contributed by atoms with Crippen molar-refractivity contribution >= 4 is 0 Å². The molecule has 2 rings (SSSR count). The summed E-state index contributed by atoms with van der Waals surface area (Å²) in [5, 5.41) is 9.71. The summed E-state index contributed by atoms with van der Waals surface area (Å²) in [6.07, 6.45) is 1.75. The monoisotopic (exact) mass is 178 g/mol. The van der Waals surface area contributed by atoms with Crippen molar-refractivity contribution in [1.29, 1.82) is 0 Å². The highest BCUT2D eigenvalue weighted by Gasteiger charge is 2.42. The second kappa shape index (κ2) is 3.04. The molecule has 0 saturated heterocycles. The molecule has 1 fully saturated rings. The lowest BCUT2D eigenvalue weighted by molar-refractivity contribution is -0.118. The molecule has 1 aromatic carbocycles. The standard InChI is InChI=1S/C11H14O2/c1-11(12)8-7-10(11)13-9-5-3-2-4-6-9/h2-6,10,12H,7-8H2,1H3/t10-,11-/m0/s1. The zero-order valence-corrected chi connectivity index (χ0v) is 7.73. The maximum Gasteiger partial charge on any atom is 0.127 e. The van der Waals surface area contributed by atoms with Gasteiger partial charge in [0.15, 0.2) is 0 Å². The highest BCUT2D eigenvalue weighted by Crippen LogP contribution is 2.34. The average molecular weight is 178 g/mol. The molecule has 2 heteroatoms. The summed E-state index contributed by atoms with van der Waals surface area (Å²) in [6.45, 7) is 1.82. The van der Waals surface area contributed by atoms with Crippen molar-refractivity contribution in [2.75, 3.05) is 0 Å². The van der Waals surface area contributed by atoms with Gasteiger partial charge in [-0.1, -0.05) is 18.2 Å². The molecule has 1 aliphatic carbocycles. The van der Waals surface area contributed by atoms with E-state index in [0.29, 0.717) is 0 Å². The highest BCUT2D eigenvalue weighted by atomic mass is 16.5. The van der Waals surface area contributed by atoms with E-state index in [1.807, 2.05) is 37.3 Å². The van der Waals surface area contributed by atoms with Crippen molar-refractivity contribution in [3.63, 3.8) is 0 Å². The summed E-state index contributed by atoms with van der Waals surface area (Å²) in [7, 11) is 0. The van der Waals surface area contributed by atoms with Gasteiger partial charge in [0.25, 0.3) is 0 Å². The fourth-order valence-electron chi connectivity index (χ4n) is 1.53. The Morgan fingerprint density at radius 1 is 1.38 bits per heavy atom. The van der Waals surface area contributed by atoms with Crippen LogP contribution in [0.4, 0.5) is 0 Å². The molecular weight excluding hydrogens is 164 g/mol. The number of hydrogen-bond donors (Lipinski definition) is 1. The van der Waals surface area contributed by atoms with Gasteiger partial charge in [0, 0.05) is 0 Å². The lowest BCUT2D eigenvalue weighted by atomic mass is 9.78. The van der Waals surface area contributed by atoms with E-state index in [9.17, 15) is 5.11 Å². The van der Waals surface area contributed by atoms with Crippen LogP contribution in [0.25, 0.3) is 0 Å². The molecule has 0 heterocycles. The lowest BCUT2D eigenvalue weighted by Crippen LogP contribution is -2.52. The topological polar surface area (TPSA) is 29.5 Å². The van der Waals surface area contributed by atoms with E-state index in [1.165, 1.54) is 0 Å². The van der Waals surface area contributed by atoms with Crippen molar-refractivity contribution in [3.8, 4) is 5.75 Å². The van der Waals surface area contributed by atoms with Crippen LogP contribution in [0.5, 0.6) is 5.75 Å². The zero-order valence-electron chi connectivity index (χ0n) is 7.73. The summed E-state index contributed by atoms with van der Waals surface area (Å²) in [5.41, 5.74) is -0.629. The van der Waals surface area contributed by atoms with Crippen LogP contribution in [0, 0.1) is 0 Å². The van der Waals surface area contributed by atoms with Crippen LogP contribution < -0.4 is 4.74 Å². The van der Waals surface area contributed by atoms with E-state index in [0.717, 1.165) is 18.6 Å². The first-order valence-corrected chi connectivity index (χ1v) is 4.62. The largest absolute Gasteiger partial charge is 0.487 e. The van der Waals surface area contributed by atoms with Crippen molar-refractivity contribution in [1.82, 2.24) is 0 Å². The highest BCUT2D eigenvalue weighted by molar-refractivity contribution is 5.22. The van der Waals surface area contributed by atoms with Gasteiger partial charge in [0.1, 0.15) is 11.9 Å². The number of ether oxygens (including phenoxy) is 1. The zero-order chi connectivity index (χ0) is 9.31. The summed E-state index contributed by atoms with van der Waals surface area (Å²) >= 11 is 0. The maximum absolute atomic E-state index is 9.71. The SMILES string of the molecule is C[C@]1(O)CC[C@@H]1Oc1ccccc1. The van der Waals surface area contributed by atoms with Crippen LogP contribution in [-0.2, 0) is 0 Å².